The molecule has 2 rings (SSSR count). The number of sulfone groups is 1. The minimum absolute atomic E-state index is 0.0347. The van der Waals surface area contributed by atoms with Crippen molar-refractivity contribution in [3.63, 3.8) is 0 Å². The Morgan fingerprint density at radius 2 is 1.75 bits per heavy atom. The first kappa shape index (κ1) is 12.1. The number of hydrogen-bond acceptors (Lipinski definition) is 3. The van der Waals surface area contributed by atoms with Crippen LogP contribution in [0.2, 0.25) is 0 Å². The third-order valence-corrected chi connectivity index (χ3v) is 4.95. The van der Waals surface area contributed by atoms with Crippen molar-refractivity contribution in [2.24, 2.45) is 11.8 Å². The first-order chi connectivity index (χ1) is 7.44. The van der Waals surface area contributed by atoms with E-state index in [0.717, 1.165) is 11.8 Å². The van der Waals surface area contributed by atoms with E-state index in [4.69, 9.17) is 0 Å². The normalized spacial score (nSPS) is 42.4. The van der Waals surface area contributed by atoms with E-state index in [0.29, 0.717) is 6.04 Å². The van der Waals surface area contributed by atoms with Crippen molar-refractivity contribution in [2.75, 3.05) is 5.75 Å². The molecule has 2 aliphatic rings. The van der Waals surface area contributed by atoms with Crippen LogP contribution in [-0.4, -0.2) is 26.3 Å². The Bertz CT molecular complexity index is 364. The summed E-state index contributed by atoms with van der Waals surface area (Å²) in [5.74, 6) is 1.75. The van der Waals surface area contributed by atoms with Crippen LogP contribution < -0.4 is 5.32 Å². The molecule has 4 heteroatoms. The summed E-state index contributed by atoms with van der Waals surface area (Å²) in [5.41, 5.74) is 0. The minimum Gasteiger partial charge on any atom is -0.307 e. The summed E-state index contributed by atoms with van der Waals surface area (Å²) in [7, 11) is -2.92. The summed E-state index contributed by atoms with van der Waals surface area (Å²) in [6, 6.07) is 0.522. The van der Waals surface area contributed by atoms with E-state index in [9.17, 15) is 8.42 Å². The van der Waals surface area contributed by atoms with Crippen LogP contribution in [0.15, 0.2) is 11.5 Å². The Morgan fingerprint density at radius 3 is 2.25 bits per heavy atom. The largest absolute Gasteiger partial charge is 0.307 e. The average molecular weight is 243 g/mol. The van der Waals surface area contributed by atoms with Gasteiger partial charge in [0.15, 0.2) is 9.84 Å². The second-order valence-electron chi connectivity index (χ2n) is 5.55. The molecule has 0 bridgehead atoms. The van der Waals surface area contributed by atoms with Gasteiger partial charge >= 0.3 is 0 Å². The molecular formula is C12H21NO2S. The van der Waals surface area contributed by atoms with Gasteiger partial charge in [-0.25, -0.2) is 8.42 Å². The highest BCUT2D eigenvalue weighted by atomic mass is 32.2. The molecule has 3 unspecified atom stereocenters. The Balaban J connectivity index is 1.89. The van der Waals surface area contributed by atoms with Gasteiger partial charge in [0, 0.05) is 17.5 Å². The monoisotopic (exact) mass is 243 g/mol. The summed E-state index contributed by atoms with van der Waals surface area (Å²) in [6.45, 7) is 4.57. The van der Waals surface area contributed by atoms with Crippen LogP contribution >= 0.6 is 0 Å². The lowest BCUT2D eigenvalue weighted by Gasteiger charge is -2.33. The van der Waals surface area contributed by atoms with Crippen molar-refractivity contribution in [2.45, 2.75) is 45.2 Å². The fourth-order valence-corrected chi connectivity index (χ4v) is 4.31. The van der Waals surface area contributed by atoms with Crippen molar-refractivity contribution in [1.29, 1.82) is 0 Å². The van der Waals surface area contributed by atoms with Crippen molar-refractivity contribution < 1.29 is 8.42 Å². The van der Waals surface area contributed by atoms with E-state index in [1.165, 1.54) is 24.7 Å². The van der Waals surface area contributed by atoms with Crippen LogP contribution in [0.4, 0.5) is 0 Å². The Kier molecular flexibility index (Phi) is 3.40. The molecule has 1 aliphatic heterocycles. The lowest BCUT2D eigenvalue weighted by atomic mass is 9.80. The second kappa shape index (κ2) is 4.49. The third kappa shape index (κ3) is 3.08. The highest BCUT2D eigenvalue weighted by Crippen LogP contribution is 2.29. The summed E-state index contributed by atoms with van der Waals surface area (Å²) < 4.78 is 22.6. The average Bonchev–Trinajstić information content (AvgIpc) is 2.43. The SMILES string of the molecule is CC1CC(C)CC(NC2C=CS(=O)(=O)C2)C1. The molecule has 0 radical (unpaired) electrons. The Labute approximate surface area is 98.2 Å². The lowest BCUT2D eigenvalue weighted by molar-refractivity contribution is 0.235. The number of nitrogens with one attached hydrogen (secondary N) is 1. The smallest absolute Gasteiger partial charge is 0.173 e. The zero-order chi connectivity index (χ0) is 11.8. The molecular weight excluding hydrogens is 222 g/mol. The van der Waals surface area contributed by atoms with Gasteiger partial charge in [-0.3, -0.25) is 0 Å². The molecule has 1 aliphatic carbocycles. The number of rotatable bonds is 2. The van der Waals surface area contributed by atoms with Gasteiger partial charge < -0.3 is 5.32 Å². The quantitative estimate of drug-likeness (QED) is 0.803. The predicted octanol–water partition coefficient (Wildman–Crippen LogP) is 1.71. The van der Waals surface area contributed by atoms with E-state index in [1.54, 1.807) is 6.08 Å². The summed E-state index contributed by atoms with van der Waals surface area (Å²) >= 11 is 0. The van der Waals surface area contributed by atoms with Crippen molar-refractivity contribution >= 4 is 9.84 Å². The molecule has 0 aromatic heterocycles. The van der Waals surface area contributed by atoms with Crippen molar-refractivity contribution in [3.05, 3.63) is 11.5 Å². The van der Waals surface area contributed by atoms with E-state index < -0.39 is 9.84 Å². The molecule has 1 fully saturated rings. The van der Waals surface area contributed by atoms with Gasteiger partial charge in [-0.1, -0.05) is 19.9 Å². The predicted molar refractivity (Wildman–Crippen MR) is 65.8 cm³/mol. The van der Waals surface area contributed by atoms with Crippen LogP contribution in [0.5, 0.6) is 0 Å². The first-order valence-corrected chi connectivity index (χ1v) is 7.83. The number of hydrogen-bond donors (Lipinski definition) is 1. The van der Waals surface area contributed by atoms with Crippen LogP contribution in [0.25, 0.3) is 0 Å². The maximum Gasteiger partial charge on any atom is 0.173 e. The standard InChI is InChI=1S/C12H21NO2S/c1-9-5-10(2)7-12(6-9)13-11-3-4-16(14,15)8-11/h3-4,9-13H,5-8H2,1-2H3. The van der Waals surface area contributed by atoms with Crippen molar-refractivity contribution in [3.8, 4) is 0 Å². The van der Waals surface area contributed by atoms with Gasteiger partial charge in [-0.15, -0.1) is 0 Å². The molecule has 0 spiro atoms. The van der Waals surface area contributed by atoms with Gasteiger partial charge in [0.1, 0.15) is 0 Å². The molecule has 0 amide bonds. The van der Waals surface area contributed by atoms with E-state index in [2.05, 4.69) is 19.2 Å². The minimum atomic E-state index is -2.92. The van der Waals surface area contributed by atoms with Crippen LogP contribution in [0, 0.1) is 11.8 Å². The highest BCUT2D eigenvalue weighted by Gasteiger charge is 2.28. The maximum absolute atomic E-state index is 11.3. The summed E-state index contributed by atoms with van der Waals surface area (Å²) in [5, 5.41) is 4.82. The fourth-order valence-electron chi connectivity index (χ4n) is 3.07. The molecule has 1 heterocycles. The molecule has 0 aromatic carbocycles. The molecule has 1 saturated carbocycles. The van der Waals surface area contributed by atoms with Gasteiger partial charge in [-0.05, 0) is 31.1 Å². The van der Waals surface area contributed by atoms with E-state index in [1.807, 2.05) is 0 Å². The molecule has 16 heavy (non-hydrogen) atoms. The molecule has 3 nitrogen and oxygen atoms in total. The van der Waals surface area contributed by atoms with Gasteiger partial charge in [0.2, 0.25) is 0 Å². The fraction of sp³-hybridized carbons (Fsp3) is 0.833. The second-order valence-corrected chi connectivity index (χ2v) is 7.48. The topological polar surface area (TPSA) is 46.2 Å². The van der Waals surface area contributed by atoms with Crippen molar-refractivity contribution in [1.82, 2.24) is 5.32 Å². The lowest BCUT2D eigenvalue weighted by Crippen LogP contribution is -2.42. The van der Waals surface area contributed by atoms with Crippen LogP contribution in [-0.2, 0) is 9.84 Å². The van der Waals surface area contributed by atoms with Gasteiger partial charge in [-0.2, -0.15) is 0 Å². The molecule has 92 valence electrons. The van der Waals surface area contributed by atoms with E-state index in [-0.39, 0.29) is 11.8 Å². The summed E-state index contributed by atoms with van der Waals surface area (Å²) in [4.78, 5) is 0. The molecule has 3 atom stereocenters. The highest BCUT2D eigenvalue weighted by molar-refractivity contribution is 7.94. The Morgan fingerprint density at radius 1 is 1.12 bits per heavy atom. The maximum atomic E-state index is 11.3. The molecule has 0 saturated heterocycles. The van der Waals surface area contributed by atoms with Gasteiger partial charge in [0.25, 0.3) is 0 Å². The summed E-state index contributed by atoms with van der Waals surface area (Å²) in [6.07, 6.45) is 5.44. The van der Waals surface area contributed by atoms with Gasteiger partial charge in [0.05, 0.1) is 5.75 Å². The first-order valence-electron chi connectivity index (χ1n) is 6.11. The third-order valence-electron chi connectivity index (χ3n) is 3.56. The molecule has 1 N–H and O–H groups in total. The zero-order valence-corrected chi connectivity index (χ0v) is 10.8. The Hall–Kier alpha value is -0.350. The van der Waals surface area contributed by atoms with E-state index >= 15 is 0 Å². The van der Waals surface area contributed by atoms with Crippen LogP contribution in [0.3, 0.4) is 0 Å². The van der Waals surface area contributed by atoms with Crippen LogP contribution in [0.1, 0.15) is 33.1 Å². The molecule has 0 aromatic rings. The zero-order valence-electron chi connectivity index (χ0n) is 10.0.